The normalized spacial score (nSPS) is 12.7. The lowest BCUT2D eigenvalue weighted by atomic mass is 10.1. The van der Waals surface area contributed by atoms with Crippen LogP contribution in [0.4, 0.5) is 0 Å². The molecular formula is C19H23O2PS. The molecule has 0 bridgehead atoms. The van der Waals surface area contributed by atoms with Crippen molar-refractivity contribution in [2.24, 2.45) is 0 Å². The van der Waals surface area contributed by atoms with Crippen molar-refractivity contribution in [1.29, 1.82) is 0 Å². The zero-order valence-corrected chi connectivity index (χ0v) is 15.1. The fourth-order valence-electron chi connectivity index (χ4n) is 2.86. The number of rotatable bonds is 8. The van der Waals surface area contributed by atoms with Gasteiger partial charge in [-0.2, -0.15) is 0 Å². The van der Waals surface area contributed by atoms with E-state index in [1.165, 1.54) is 0 Å². The number of carboxylic acid groups (broad SMARTS) is 1. The van der Waals surface area contributed by atoms with Gasteiger partial charge in [-0.15, -0.1) is 0 Å². The standard InChI is InChI=1S/C19H23O2PS/c1-2-3-6-15-18(19(20)21)22(23,16-11-7-4-8-12-16)17-13-9-5-10-14-17/h4-5,7-14,18H,2-3,6,15H2,1H3,(H,20,21). The van der Waals surface area contributed by atoms with Crippen LogP contribution in [0.3, 0.4) is 0 Å². The molecule has 2 rings (SSSR count). The van der Waals surface area contributed by atoms with Crippen LogP contribution < -0.4 is 10.6 Å². The Hall–Kier alpha value is -1.44. The molecule has 2 nitrogen and oxygen atoms in total. The van der Waals surface area contributed by atoms with Crippen LogP contribution in [0.2, 0.25) is 0 Å². The molecule has 2 aromatic carbocycles. The van der Waals surface area contributed by atoms with E-state index in [1.807, 2.05) is 60.7 Å². The highest BCUT2D eigenvalue weighted by Crippen LogP contribution is 2.51. The summed E-state index contributed by atoms with van der Waals surface area (Å²) < 4.78 is 0. The van der Waals surface area contributed by atoms with E-state index >= 15 is 0 Å². The Morgan fingerprint density at radius 2 is 1.48 bits per heavy atom. The molecule has 122 valence electrons. The van der Waals surface area contributed by atoms with Crippen LogP contribution in [-0.2, 0) is 16.6 Å². The Bertz CT molecular complexity index is 627. The lowest BCUT2D eigenvalue weighted by Gasteiger charge is -2.29. The molecule has 0 heterocycles. The summed E-state index contributed by atoms with van der Waals surface area (Å²) in [4.78, 5) is 12.0. The first-order valence-electron chi connectivity index (χ1n) is 8.04. The molecule has 1 unspecified atom stereocenters. The summed E-state index contributed by atoms with van der Waals surface area (Å²) in [7, 11) is 0. The van der Waals surface area contributed by atoms with Gasteiger partial charge in [-0.05, 0) is 17.0 Å². The molecule has 23 heavy (non-hydrogen) atoms. The van der Waals surface area contributed by atoms with Gasteiger partial charge in [0.2, 0.25) is 0 Å². The molecule has 0 saturated heterocycles. The minimum Gasteiger partial charge on any atom is -0.481 e. The van der Waals surface area contributed by atoms with Crippen molar-refractivity contribution in [2.45, 2.75) is 38.3 Å². The van der Waals surface area contributed by atoms with Gasteiger partial charge in [-0.3, -0.25) is 4.79 Å². The summed E-state index contributed by atoms with van der Waals surface area (Å²) in [6, 6.07) is 17.2. The first kappa shape index (κ1) is 17.9. The molecule has 2 aromatic rings. The molecule has 0 aliphatic rings. The second-order valence-electron chi connectivity index (χ2n) is 5.68. The number of hydrogen-bond acceptors (Lipinski definition) is 2. The Morgan fingerprint density at radius 3 is 1.87 bits per heavy atom. The Balaban J connectivity index is 2.52. The molecule has 0 amide bonds. The fraction of sp³-hybridized carbons (Fsp3) is 0.316. The van der Waals surface area contributed by atoms with Crippen LogP contribution >= 0.6 is 6.04 Å². The number of hydrogen-bond donors (Lipinski definition) is 1. The van der Waals surface area contributed by atoms with Crippen LogP contribution in [0.15, 0.2) is 60.7 Å². The zero-order valence-electron chi connectivity index (χ0n) is 13.4. The summed E-state index contributed by atoms with van der Waals surface area (Å²) in [5, 5.41) is 11.9. The minimum atomic E-state index is -2.40. The molecule has 1 atom stereocenters. The third-order valence-electron chi connectivity index (χ3n) is 4.08. The molecule has 0 fully saturated rings. The summed E-state index contributed by atoms with van der Waals surface area (Å²) in [6.07, 6.45) is 3.67. The molecule has 0 aliphatic heterocycles. The van der Waals surface area contributed by atoms with E-state index in [9.17, 15) is 9.90 Å². The third-order valence-corrected chi connectivity index (χ3v) is 9.60. The summed E-state index contributed by atoms with van der Waals surface area (Å²) in [5.41, 5.74) is -0.506. The number of benzene rings is 2. The Morgan fingerprint density at radius 1 is 1.00 bits per heavy atom. The monoisotopic (exact) mass is 346 g/mol. The third kappa shape index (κ3) is 4.10. The quantitative estimate of drug-likeness (QED) is 0.576. The van der Waals surface area contributed by atoms with Crippen LogP contribution in [0.5, 0.6) is 0 Å². The zero-order chi connectivity index (χ0) is 16.7. The average Bonchev–Trinajstić information content (AvgIpc) is 2.59. The summed E-state index contributed by atoms with van der Waals surface area (Å²) in [6.45, 7) is 2.13. The van der Waals surface area contributed by atoms with Gasteiger partial charge >= 0.3 is 5.97 Å². The van der Waals surface area contributed by atoms with E-state index in [2.05, 4.69) is 6.92 Å². The maximum Gasteiger partial charge on any atom is 0.312 e. The van der Waals surface area contributed by atoms with E-state index in [0.29, 0.717) is 6.42 Å². The van der Waals surface area contributed by atoms with Gasteiger partial charge in [0.15, 0.2) is 0 Å². The first-order valence-corrected chi connectivity index (χ1v) is 10.9. The fourth-order valence-corrected chi connectivity index (χ4v) is 7.28. The molecule has 0 saturated carbocycles. The van der Waals surface area contributed by atoms with Gasteiger partial charge in [0.05, 0.1) is 5.66 Å². The molecule has 0 spiro atoms. The highest BCUT2D eigenvalue weighted by atomic mass is 32.4. The molecule has 4 heteroatoms. The van der Waals surface area contributed by atoms with Crippen molar-refractivity contribution in [2.75, 3.05) is 0 Å². The smallest absolute Gasteiger partial charge is 0.312 e. The number of carboxylic acids is 1. The number of carbonyl (C=O) groups is 1. The molecule has 0 aromatic heterocycles. The van der Waals surface area contributed by atoms with Crippen LogP contribution in [0, 0.1) is 0 Å². The molecule has 1 N–H and O–H groups in total. The van der Waals surface area contributed by atoms with E-state index in [1.54, 1.807) is 0 Å². The first-order chi connectivity index (χ1) is 11.1. The van der Waals surface area contributed by atoms with E-state index in [0.717, 1.165) is 29.9 Å². The second-order valence-corrected chi connectivity index (χ2v) is 10.4. The number of unbranched alkanes of at least 4 members (excludes halogenated alkanes) is 2. The Labute approximate surface area is 143 Å². The largest absolute Gasteiger partial charge is 0.481 e. The second kappa shape index (κ2) is 8.42. The predicted octanol–water partition coefficient (Wildman–Crippen LogP) is 4.15. The van der Waals surface area contributed by atoms with Crippen molar-refractivity contribution >= 4 is 34.4 Å². The highest BCUT2D eigenvalue weighted by molar-refractivity contribution is 8.22. The maximum absolute atomic E-state index is 12.0. The van der Waals surface area contributed by atoms with Crippen molar-refractivity contribution in [3.63, 3.8) is 0 Å². The van der Waals surface area contributed by atoms with Gasteiger partial charge in [0, 0.05) is 6.04 Å². The predicted molar refractivity (Wildman–Crippen MR) is 102 cm³/mol. The van der Waals surface area contributed by atoms with Gasteiger partial charge in [0.25, 0.3) is 0 Å². The van der Waals surface area contributed by atoms with E-state index < -0.39 is 17.7 Å². The average molecular weight is 346 g/mol. The topological polar surface area (TPSA) is 37.3 Å². The summed E-state index contributed by atoms with van der Waals surface area (Å²) in [5.74, 6) is -0.767. The van der Waals surface area contributed by atoms with Crippen molar-refractivity contribution < 1.29 is 9.90 Å². The highest BCUT2D eigenvalue weighted by Gasteiger charge is 2.36. The van der Waals surface area contributed by atoms with Crippen molar-refractivity contribution in [3.05, 3.63) is 60.7 Å². The lowest BCUT2D eigenvalue weighted by Crippen LogP contribution is -2.31. The van der Waals surface area contributed by atoms with Crippen molar-refractivity contribution in [1.82, 2.24) is 0 Å². The van der Waals surface area contributed by atoms with E-state index in [4.69, 9.17) is 11.8 Å². The maximum atomic E-state index is 12.0. The van der Waals surface area contributed by atoms with E-state index in [-0.39, 0.29) is 0 Å². The van der Waals surface area contributed by atoms with Crippen LogP contribution in [0.25, 0.3) is 0 Å². The van der Waals surface area contributed by atoms with Crippen LogP contribution in [0.1, 0.15) is 32.6 Å². The molecule has 0 aliphatic carbocycles. The van der Waals surface area contributed by atoms with Crippen molar-refractivity contribution in [3.8, 4) is 0 Å². The summed E-state index contributed by atoms with van der Waals surface area (Å²) >= 11 is 6.11. The SMILES string of the molecule is CCCCCC(C(=O)O)P(=S)(c1ccccc1)c1ccccc1. The molecular weight excluding hydrogens is 323 g/mol. The van der Waals surface area contributed by atoms with Gasteiger partial charge in [0.1, 0.15) is 0 Å². The number of aliphatic carboxylic acids is 1. The van der Waals surface area contributed by atoms with Gasteiger partial charge < -0.3 is 5.11 Å². The van der Waals surface area contributed by atoms with Gasteiger partial charge in [-0.1, -0.05) is 98.7 Å². The van der Waals surface area contributed by atoms with Gasteiger partial charge in [-0.25, -0.2) is 0 Å². The lowest BCUT2D eigenvalue weighted by molar-refractivity contribution is -0.136. The Kier molecular flexibility index (Phi) is 6.56. The minimum absolute atomic E-state index is 0.506. The molecule has 0 radical (unpaired) electrons. The van der Waals surface area contributed by atoms with Crippen LogP contribution in [-0.4, -0.2) is 16.7 Å².